The molecule has 1 unspecified atom stereocenters. The lowest BCUT2D eigenvalue weighted by molar-refractivity contribution is -0.130. The van der Waals surface area contributed by atoms with Crippen molar-refractivity contribution in [3.8, 4) is 5.75 Å². The average molecular weight is 637 g/mol. The minimum atomic E-state index is -3.55. The minimum Gasteiger partial charge on any atom is -0.478 e. The number of H-pyrrole nitrogens is 1. The van der Waals surface area contributed by atoms with Gasteiger partial charge in [-0.2, -0.15) is 0 Å². The summed E-state index contributed by atoms with van der Waals surface area (Å²) in [6.07, 6.45) is 7.10. The number of benzene rings is 1. The first-order valence-corrected chi connectivity index (χ1v) is 17.3. The summed E-state index contributed by atoms with van der Waals surface area (Å²) >= 11 is 6.68. The number of nitrogens with one attached hydrogen (secondary N) is 3. The lowest BCUT2D eigenvalue weighted by atomic mass is 9.73. The third-order valence-corrected chi connectivity index (χ3v) is 9.12. The molecule has 0 fully saturated rings. The van der Waals surface area contributed by atoms with E-state index in [0.717, 1.165) is 44.1 Å². The van der Waals surface area contributed by atoms with Gasteiger partial charge in [0.1, 0.15) is 10.8 Å². The van der Waals surface area contributed by atoms with Gasteiger partial charge in [0.25, 0.3) is 5.91 Å². The summed E-state index contributed by atoms with van der Waals surface area (Å²) in [5.41, 5.74) is -0.0601. The predicted octanol–water partition coefficient (Wildman–Crippen LogP) is 6.75. The van der Waals surface area contributed by atoms with E-state index in [-0.39, 0.29) is 17.0 Å². The zero-order valence-corrected chi connectivity index (χ0v) is 28.7. The first-order chi connectivity index (χ1) is 19.9. The van der Waals surface area contributed by atoms with Gasteiger partial charge in [-0.25, -0.2) is 12.9 Å². The number of anilines is 1. The number of fused-ring (bicyclic) bond motifs is 1. The van der Waals surface area contributed by atoms with Crippen molar-refractivity contribution < 1.29 is 17.9 Å². The summed E-state index contributed by atoms with van der Waals surface area (Å²) < 4.78 is 34.5. The van der Waals surface area contributed by atoms with Crippen molar-refractivity contribution in [1.82, 2.24) is 25.1 Å². The largest absolute Gasteiger partial charge is 0.478 e. The number of hydrogen-bond acceptors (Lipinski definition) is 6. The zero-order chi connectivity index (χ0) is 32.2. The lowest BCUT2D eigenvalue weighted by Crippen LogP contribution is -2.59. The number of unbranched alkanes of at least 4 members (excludes halogenated alkanes) is 5. The fourth-order valence-corrected chi connectivity index (χ4v) is 5.91. The Bertz CT molecular complexity index is 1500. The van der Waals surface area contributed by atoms with Crippen molar-refractivity contribution in [3.63, 3.8) is 0 Å². The highest BCUT2D eigenvalue weighted by Crippen LogP contribution is 2.37. The molecule has 0 aliphatic carbocycles. The Morgan fingerprint density at radius 1 is 1.02 bits per heavy atom. The monoisotopic (exact) mass is 636 g/mol. The highest BCUT2D eigenvalue weighted by Gasteiger charge is 2.45. The van der Waals surface area contributed by atoms with Crippen LogP contribution in [0.1, 0.15) is 112 Å². The van der Waals surface area contributed by atoms with Gasteiger partial charge in [-0.1, -0.05) is 97.4 Å². The first kappa shape index (κ1) is 34.7. The second-order valence-electron chi connectivity index (χ2n) is 13.5. The predicted molar refractivity (Wildman–Crippen MR) is 174 cm³/mol. The van der Waals surface area contributed by atoms with E-state index < -0.39 is 27.1 Å². The molecule has 0 radical (unpaired) electrons. The number of rotatable bonds is 15. The number of aromatic nitrogens is 4. The highest BCUT2D eigenvalue weighted by atomic mass is 35.5. The molecule has 3 rings (SSSR count). The zero-order valence-electron chi connectivity index (χ0n) is 27.1. The van der Waals surface area contributed by atoms with Crippen LogP contribution in [0.25, 0.3) is 5.65 Å². The van der Waals surface area contributed by atoms with Gasteiger partial charge in [0, 0.05) is 16.4 Å². The minimum absolute atomic E-state index is 0.230. The van der Waals surface area contributed by atoms with Crippen LogP contribution in [0, 0.1) is 0 Å². The molecule has 2 heterocycles. The van der Waals surface area contributed by atoms with Crippen LogP contribution in [-0.2, 0) is 25.6 Å². The summed E-state index contributed by atoms with van der Waals surface area (Å²) in [6.45, 7) is 16.3. The van der Waals surface area contributed by atoms with E-state index in [0.29, 0.717) is 28.7 Å². The van der Waals surface area contributed by atoms with Crippen molar-refractivity contribution in [3.05, 3.63) is 40.8 Å². The van der Waals surface area contributed by atoms with Crippen LogP contribution in [-0.4, -0.2) is 52.0 Å². The van der Waals surface area contributed by atoms with Gasteiger partial charge in [0.2, 0.25) is 10.0 Å². The van der Waals surface area contributed by atoms with Crippen LogP contribution in [0.2, 0.25) is 5.02 Å². The van der Waals surface area contributed by atoms with Gasteiger partial charge in [-0.05, 0) is 38.8 Å². The Hall–Kier alpha value is -2.79. The maximum absolute atomic E-state index is 13.9. The molecule has 43 heavy (non-hydrogen) atoms. The number of carbonyl (C=O) groups is 1. The molecule has 12 heteroatoms. The van der Waals surface area contributed by atoms with Crippen molar-refractivity contribution in [1.29, 1.82) is 0 Å². The number of nitrogens with zero attached hydrogens (tertiary/aromatic N) is 3. The topological polar surface area (TPSA) is 130 Å². The van der Waals surface area contributed by atoms with E-state index >= 15 is 0 Å². The number of amides is 1. The standard InChI is InChI=1S/C31H49ClN6O4S/c1-10-11-12-13-14-15-20-23(42-22-19-17-16-18-21(22)37-43(9,40)41)27(39)33-31(7,8)30(5,6)28-35-34-26-24(32)25(29(2,3)4)36-38(26)28/h16-19,23,36-37H,10-15,20H2,1-9H3,(H,33,39). The molecular formula is C31H49ClN6O4S. The Morgan fingerprint density at radius 3 is 2.28 bits per heavy atom. The van der Waals surface area contributed by atoms with Crippen molar-refractivity contribution in [2.24, 2.45) is 0 Å². The van der Waals surface area contributed by atoms with Crippen LogP contribution < -0.4 is 14.8 Å². The van der Waals surface area contributed by atoms with E-state index in [4.69, 9.17) is 16.3 Å². The van der Waals surface area contributed by atoms with E-state index in [1.54, 1.807) is 28.8 Å². The number of aromatic amines is 1. The van der Waals surface area contributed by atoms with E-state index in [1.165, 1.54) is 6.42 Å². The Kier molecular flexibility index (Phi) is 10.9. The number of sulfonamides is 1. The molecule has 0 saturated carbocycles. The normalized spacial score (nSPS) is 13.7. The van der Waals surface area contributed by atoms with E-state index in [2.05, 4.69) is 53.0 Å². The summed E-state index contributed by atoms with van der Waals surface area (Å²) in [4.78, 5) is 13.9. The smallest absolute Gasteiger partial charge is 0.261 e. The molecule has 0 bridgehead atoms. The molecule has 0 saturated heterocycles. The summed E-state index contributed by atoms with van der Waals surface area (Å²) in [6, 6.07) is 6.75. The van der Waals surface area contributed by atoms with Crippen LogP contribution in [0.5, 0.6) is 5.75 Å². The molecule has 1 amide bonds. The maximum atomic E-state index is 13.9. The summed E-state index contributed by atoms with van der Waals surface area (Å²) in [5, 5.41) is 16.0. The van der Waals surface area contributed by atoms with Gasteiger partial charge in [0.05, 0.1) is 17.6 Å². The number of hydrogen-bond donors (Lipinski definition) is 3. The number of para-hydroxylation sites is 2. The molecule has 10 nitrogen and oxygen atoms in total. The Morgan fingerprint density at radius 2 is 1.65 bits per heavy atom. The quantitative estimate of drug-likeness (QED) is 0.158. The van der Waals surface area contributed by atoms with Crippen LogP contribution in [0.15, 0.2) is 24.3 Å². The molecule has 240 valence electrons. The summed E-state index contributed by atoms with van der Waals surface area (Å²) in [5.74, 6) is 0.633. The molecule has 1 atom stereocenters. The molecular weight excluding hydrogens is 588 g/mol. The molecule has 3 N–H and O–H groups in total. The van der Waals surface area contributed by atoms with Gasteiger partial charge >= 0.3 is 0 Å². The Balaban J connectivity index is 1.89. The lowest BCUT2D eigenvalue weighted by Gasteiger charge is -2.41. The fraction of sp³-hybridized carbons (Fsp3) is 0.645. The number of carbonyl (C=O) groups excluding carboxylic acids is 1. The number of ether oxygens (including phenoxy) is 1. The van der Waals surface area contributed by atoms with Gasteiger partial charge < -0.3 is 10.1 Å². The molecule has 0 aliphatic heterocycles. The van der Waals surface area contributed by atoms with Crippen molar-refractivity contribution in [2.75, 3.05) is 11.0 Å². The summed E-state index contributed by atoms with van der Waals surface area (Å²) in [7, 11) is -3.55. The second-order valence-corrected chi connectivity index (χ2v) is 15.6. The van der Waals surface area contributed by atoms with Crippen LogP contribution in [0.3, 0.4) is 0 Å². The molecule has 1 aromatic carbocycles. The molecule has 3 aromatic rings. The average Bonchev–Trinajstić information content (AvgIpc) is 3.45. The van der Waals surface area contributed by atoms with Crippen LogP contribution >= 0.6 is 11.6 Å². The molecule has 0 aliphatic rings. The third kappa shape index (κ3) is 8.44. The third-order valence-electron chi connectivity index (χ3n) is 8.17. The highest BCUT2D eigenvalue weighted by molar-refractivity contribution is 7.92. The molecule has 2 aromatic heterocycles. The van der Waals surface area contributed by atoms with E-state index in [9.17, 15) is 13.2 Å². The van der Waals surface area contributed by atoms with Crippen molar-refractivity contribution >= 4 is 38.9 Å². The van der Waals surface area contributed by atoms with Gasteiger partial charge in [0.15, 0.2) is 17.6 Å². The van der Waals surface area contributed by atoms with E-state index in [1.807, 2.05) is 27.7 Å². The number of halogens is 1. The van der Waals surface area contributed by atoms with Crippen LogP contribution in [0.4, 0.5) is 5.69 Å². The fourth-order valence-electron chi connectivity index (χ4n) is 4.89. The maximum Gasteiger partial charge on any atom is 0.261 e. The second kappa shape index (κ2) is 13.5. The van der Waals surface area contributed by atoms with Crippen molar-refractivity contribution in [2.45, 2.75) is 123 Å². The molecule has 0 spiro atoms. The van der Waals surface area contributed by atoms with Gasteiger partial charge in [-0.3, -0.25) is 14.6 Å². The van der Waals surface area contributed by atoms with Gasteiger partial charge in [-0.15, -0.1) is 10.2 Å². The SMILES string of the molecule is CCCCCCCCC(Oc1ccccc1NS(C)(=O)=O)C(=O)NC(C)(C)C(C)(C)c1nnc2c(Cl)c(C(C)(C)C)[nH]n12. The first-order valence-electron chi connectivity index (χ1n) is 15.1. The Labute approximate surface area is 261 Å².